The Morgan fingerprint density at radius 1 is 1.26 bits per heavy atom. The van der Waals surface area contributed by atoms with Crippen LogP contribution in [0.25, 0.3) is 0 Å². The van der Waals surface area contributed by atoms with Crippen LogP contribution < -0.4 is 9.64 Å². The number of carbonyl (C=O) groups is 1. The van der Waals surface area contributed by atoms with Crippen molar-refractivity contribution in [3.05, 3.63) is 54.0 Å². The molecule has 1 fully saturated rings. The Balaban J connectivity index is 1.56. The molecule has 1 N–H and O–H groups in total. The van der Waals surface area contributed by atoms with Crippen molar-refractivity contribution in [2.24, 2.45) is 5.10 Å². The summed E-state index contributed by atoms with van der Waals surface area (Å²) < 4.78 is 16.2. The quantitative estimate of drug-likeness (QED) is 0.849. The molecule has 0 aliphatic carbocycles. The van der Waals surface area contributed by atoms with E-state index in [4.69, 9.17) is 13.9 Å². The molecule has 0 radical (unpaired) electrons. The number of hydrogen-bond donors (Lipinski definition) is 1. The van der Waals surface area contributed by atoms with E-state index in [9.17, 15) is 4.79 Å². The van der Waals surface area contributed by atoms with Gasteiger partial charge in [0, 0.05) is 6.42 Å². The summed E-state index contributed by atoms with van der Waals surface area (Å²) in [7, 11) is 1.64. The number of rotatable bonds is 5. The van der Waals surface area contributed by atoms with Crippen molar-refractivity contribution >= 4 is 11.6 Å². The van der Waals surface area contributed by atoms with Crippen molar-refractivity contribution in [2.75, 3.05) is 40.0 Å². The van der Waals surface area contributed by atoms with Gasteiger partial charge in [-0.25, -0.2) is 5.01 Å². The van der Waals surface area contributed by atoms with Crippen LogP contribution in [0.3, 0.4) is 0 Å². The van der Waals surface area contributed by atoms with Crippen LogP contribution in [0.15, 0.2) is 52.2 Å². The molecule has 7 nitrogen and oxygen atoms in total. The number of quaternary nitrogens is 1. The largest absolute Gasteiger partial charge is 0.497 e. The summed E-state index contributed by atoms with van der Waals surface area (Å²) in [6.45, 7) is 3.51. The summed E-state index contributed by atoms with van der Waals surface area (Å²) in [6, 6.07) is 11.3. The first kappa shape index (κ1) is 17.8. The van der Waals surface area contributed by atoms with Crippen molar-refractivity contribution in [2.45, 2.75) is 12.5 Å². The van der Waals surface area contributed by atoms with Gasteiger partial charge in [-0.15, -0.1) is 0 Å². The first-order valence-corrected chi connectivity index (χ1v) is 9.23. The molecule has 1 atom stereocenters. The van der Waals surface area contributed by atoms with E-state index >= 15 is 0 Å². The molecule has 0 saturated carbocycles. The van der Waals surface area contributed by atoms with Gasteiger partial charge >= 0.3 is 0 Å². The second-order valence-corrected chi connectivity index (χ2v) is 6.79. The third-order valence-corrected chi connectivity index (χ3v) is 5.06. The molecule has 1 amide bonds. The number of amides is 1. The molecule has 2 aliphatic rings. The number of ether oxygens (including phenoxy) is 2. The number of furan rings is 1. The number of benzene rings is 1. The van der Waals surface area contributed by atoms with Crippen LogP contribution in [0.1, 0.15) is 23.8 Å². The standard InChI is InChI=1S/C20H23N3O4/c1-25-16-6-4-15(5-7-16)17-13-18(19-3-2-10-27-19)23(21-17)20(24)14-22-8-11-26-12-9-22/h2-7,10,18H,8-9,11-14H2,1H3/p+1/t18-/m0/s1. The molecule has 1 aromatic carbocycles. The first-order chi connectivity index (χ1) is 13.2. The minimum atomic E-state index is -0.204. The Morgan fingerprint density at radius 3 is 2.70 bits per heavy atom. The van der Waals surface area contributed by atoms with Gasteiger partial charge in [0.25, 0.3) is 5.91 Å². The molecule has 3 heterocycles. The molecule has 1 aromatic heterocycles. The monoisotopic (exact) mass is 370 g/mol. The van der Waals surface area contributed by atoms with E-state index in [1.807, 2.05) is 36.4 Å². The van der Waals surface area contributed by atoms with Crippen molar-refractivity contribution in [1.29, 1.82) is 0 Å². The number of morpholine rings is 1. The van der Waals surface area contributed by atoms with Crippen molar-refractivity contribution in [1.82, 2.24) is 5.01 Å². The van der Waals surface area contributed by atoms with Gasteiger partial charge in [-0.2, -0.15) is 5.10 Å². The molecule has 1 saturated heterocycles. The summed E-state index contributed by atoms with van der Waals surface area (Å²) in [5, 5.41) is 6.27. The molecule has 0 unspecified atom stereocenters. The van der Waals surface area contributed by atoms with Crippen LogP contribution in [0.5, 0.6) is 5.75 Å². The highest BCUT2D eigenvalue weighted by Gasteiger charge is 2.36. The van der Waals surface area contributed by atoms with E-state index in [0.29, 0.717) is 26.2 Å². The highest BCUT2D eigenvalue weighted by atomic mass is 16.5. The smallest absolute Gasteiger partial charge is 0.298 e. The third kappa shape index (κ3) is 3.89. The zero-order valence-electron chi connectivity index (χ0n) is 15.4. The van der Waals surface area contributed by atoms with E-state index < -0.39 is 0 Å². The number of methoxy groups -OCH3 is 1. The number of nitrogens with one attached hydrogen (secondary N) is 1. The average Bonchev–Trinajstić information content (AvgIpc) is 3.38. The molecular formula is C20H24N3O4+. The first-order valence-electron chi connectivity index (χ1n) is 9.23. The summed E-state index contributed by atoms with van der Waals surface area (Å²) in [5.74, 6) is 1.56. The van der Waals surface area contributed by atoms with E-state index in [2.05, 4.69) is 5.10 Å². The van der Waals surface area contributed by atoms with Crippen LogP contribution in [0, 0.1) is 0 Å². The summed E-state index contributed by atoms with van der Waals surface area (Å²) in [6.07, 6.45) is 2.26. The zero-order chi connectivity index (χ0) is 18.6. The molecule has 7 heteroatoms. The molecule has 0 bridgehead atoms. The van der Waals surface area contributed by atoms with Gasteiger partial charge in [0.15, 0.2) is 6.54 Å². The Morgan fingerprint density at radius 2 is 2.04 bits per heavy atom. The van der Waals surface area contributed by atoms with Crippen LogP contribution in [-0.4, -0.2) is 56.6 Å². The van der Waals surface area contributed by atoms with E-state index in [1.54, 1.807) is 18.4 Å². The fourth-order valence-corrected chi connectivity index (χ4v) is 3.53. The summed E-state index contributed by atoms with van der Waals surface area (Å²) in [5.41, 5.74) is 1.87. The molecular weight excluding hydrogens is 346 g/mol. The lowest BCUT2D eigenvalue weighted by Gasteiger charge is -2.26. The molecule has 27 heavy (non-hydrogen) atoms. The number of nitrogens with zero attached hydrogens (tertiary/aromatic N) is 2. The van der Waals surface area contributed by atoms with Crippen LogP contribution in [0.4, 0.5) is 0 Å². The van der Waals surface area contributed by atoms with E-state index in [-0.39, 0.29) is 11.9 Å². The van der Waals surface area contributed by atoms with Crippen molar-refractivity contribution in [3.63, 3.8) is 0 Å². The Kier molecular flexibility index (Phi) is 5.22. The maximum atomic E-state index is 13.0. The van der Waals surface area contributed by atoms with Gasteiger partial charge in [0.05, 0.1) is 32.3 Å². The predicted molar refractivity (Wildman–Crippen MR) is 98.8 cm³/mol. The van der Waals surface area contributed by atoms with Gasteiger partial charge in [-0.05, 0) is 42.0 Å². The van der Waals surface area contributed by atoms with E-state index in [0.717, 1.165) is 35.9 Å². The fraction of sp³-hybridized carbons (Fsp3) is 0.400. The molecule has 142 valence electrons. The van der Waals surface area contributed by atoms with Crippen molar-refractivity contribution in [3.8, 4) is 5.75 Å². The fourth-order valence-electron chi connectivity index (χ4n) is 3.53. The zero-order valence-corrected chi connectivity index (χ0v) is 15.4. The van der Waals surface area contributed by atoms with Gasteiger partial charge in [0.1, 0.15) is 30.6 Å². The Bertz CT molecular complexity index is 795. The topological polar surface area (TPSA) is 68.7 Å². The molecule has 0 spiro atoms. The number of hydrazone groups is 1. The van der Waals surface area contributed by atoms with Crippen molar-refractivity contribution < 1.29 is 23.6 Å². The molecule has 2 aliphatic heterocycles. The Labute approximate surface area is 158 Å². The van der Waals surface area contributed by atoms with Gasteiger partial charge in [0.2, 0.25) is 0 Å². The minimum Gasteiger partial charge on any atom is -0.497 e. The number of hydrogen-bond acceptors (Lipinski definition) is 5. The number of carbonyl (C=O) groups excluding carboxylic acids is 1. The predicted octanol–water partition coefficient (Wildman–Crippen LogP) is 0.881. The maximum absolute atomic E-state index is 13.0. The third-order valence-electron chi connectivity index (χ3n) is 5.06. The lowest BCUT2D eigenvalue weighted by Crippen LogP contribution is -3.15. The summed E-state index contributed by atoms with van der Waals surface area (Å²) >= 11 is 0. The lowest BCUT2D eigenvalue weighted by atomic mass is 10.0. The second-order valence-electron chi connectivity index (χ2n) is 6.79. The van der Waals surface area contributed by atoms with Crippen LogP contribution in [-0.2, 0) is 9.53 Å². The SMILES string of the molecule is COc1ccc(C2=NN(C(=O)C[NH+]3CCOCC3)[C@H](c3ccco3)C2)cc1. The molecule has 4 rings (SSSR count). The average molecular weight is 370 g/mol. The van der Waals surface area contributed by atoms with Gasteiger partial charge in [-0.3, -0.25) is 4.79 Å². The lowest BCUT2D eigenvalue weighted by molar-refractivity contribution is -0.900. The maximum Gasteiger partial charge on any atom is 0.298 e. The van der Waals surface area contributed by atoms with Crippen LogP contribution in [0.2, 0.25) is 0 Å². The normalized spacial score (nSPS) is 20.6. The van der Waals surface area contributed by atoms with Gasteiger partial charge in [-0.1, -0.05) is 0 Å². The summed E-state index contributed by atoms with van der Waals surface area (Å²) in [4.78, 5) is 14.2. The molecule has 2 aromatic rings. The minimum absolute atomic E-state index is 0.0109. The van der Waals surface area contributed by atoms with Gasteiger partial charge < -0.3 is 18.8 Å². The van der Waals surface area contributed by atoms with E-state index in [1.165, 1.54) is 4.90 Å². The Hall–Kier alpha value is -2.64. The second kappa shape index (κ2) is 7.94. The highest BCUT2D eigenvalue weighted by molar-refractivity contribution is 6.03. The highest BCUT2D eigenvalue weighted by Crippen LogP contribution is 2.33. The van der Waals surface area contributed by atoms with Crippen LogP contribution >= 0.6 is 0 Å².